The lowest BCUT2D eigenvalue weighted by Gasteiger charge is -2.21. The first-order valence-corrected chi connectivity index (χ1v) is 10.8. The number of aromatic nitrogens is 1. The van der Waals surface area contributed by atoms with Gasteiger partial charge >= 0.3 is 0 Å². The maximum atomic E-state index is 13.0. The maximum Gasteiger partial charge on any atom is 0.279 e. The van der Waals surface area contributed by atoms with Crippen LogP contribution in [-0.4, -0.2) is 23.0 Å². The van der Waals surface area contributed by atoms with Gasteiger partial charge in [-0.2, -0.15) is 4.98 Å². The van der Waals surface area contributed by atoms with Crippen LogP contribution in [0.2, 0.25) is 0 Å². The SMILES string of the molecule is CCCN(CCC)c1nc(=O)c2ccccc2c(=O)sc1=Nc1ccc([N+](=O)[O-])cc1. The van der Waals surface area contributed by atoms with E-state index in [1.807, 2.05) is 18.7 Å². The van der Waals surface area contributed by atoms with E-state index in [4.69, 9.17) is 0 Å². The molecule has 0 unspecified atom stereocenters. The van der Waals surface area contributed by atoms with Crippen LogP contribution in [0.4, 0.5) is 17.2 Å². The summed E-state index contributed by atoms with van der Waals surface area (Å²) in [6.07, 6.45) is 1.65. The molecule has 0 spiro atoms. The van der Waals surface area contributed by atoms with Crippen LogP contribution in [0.25, 0.3) is 10.8 Å². The number of nitro groups is 1. The molecule has 1 aromatic heterocycles. The largest absolute Gasteiger partial charge is 0.354 e. The number of fused-ring (bicyclic) bond motifs is 1. The Bertz CT molecular complexity index is 1280. The summed E-state index contributed by atoms with van der Waals surface area (Å²) < 4.78 is -0.00596. The number of hydrogen-bond acceptors (Lipinski definition) is 8. The standard InChI is InChI=1S/C22H22N4O4S/c1-3-13-25(14-4-2)19-21(23-15-9-11-16(12-10-15)26(29)30)31-22(28)18-8-6-5-7-17(18)20(27)24-19/h5-12H,3-4,13-14H2,1-2H3. The smallest absolute Gasteiger partial charge is 0.279 e. The number of benzene rings is 2. The molecule has 0 saturated carbocycles. The summed E-state index contributed by atoms with van der Waals surface area (Å²) in [5.74, 6) is 0.347. The maximum absolute atomic E-state index is 13.0. The van der Waals surface area contributed by atoms with Crippen LogP contribution in [0.5, 0.6) is 0 Å². The number of non-ortho nitro benzene ring substituents is 1. The predicted molar refractivity (Wildman–Crippen MR) is 123 cm³/mol. The molecule has 1 heterocycles. The molecule has 0 aliphatic heterocycles. The Morgan fingerprint density at radius 2 is 1.61 bits per heavy atom. The molecule has 0 radical (unpaired) electrons. The fraction of sp³-hybridized carbons (Fsp3) is 0.273. The predicted octanol–water partition coefficient (Wildman–Crippen LogP) is 3.78. The number of rotatable bonds is 7. The minimum absolute atomic E-state index is 0.0538. The van der Waals surface area contributed by atoms with Crippen molar-refractivity contribution in [3.05, 3.63) is 83.2 Å². The minimum atomic E-state index is -0.493. The number of hydrogen-bond donors (Lipinski definition) is 0. The Morgan fingerprint density at radius 3 is 2.19 bits per heavy atom. The van der Waals surface area contributed by atoms with Crippen molar-refractivity contribution in [1.29, 1.82) is 0 Å². The molecule has 8 nitrogen and oxygen atoms in total. The number of nitrogens with zero attached hydrogens (tertiary/aromatic N) is 4. The van der Waals surface area contributed by atoms with Crippen molar-refractivity contribution in [1.82, 2.24) is 4.98 Å². The molecule has 0 aliphatic rings. The summed E-state index contributed by atoms with van der Waals surface area (Å²) in [5, 5.41) is 11.5. The second-order valence-electron chi connectivity index (χ2n) is 6.85. The first kappa shape index (κ1) is 22.2. The van der Waals surface area contributed by atoms with Crippen molar-refractivity contribution in [2.45, 2.75) is 26.7 Å². The van der Waals surface area contributed by atoms with Gasteiger partial charge in [-0.15, -0.1) is 0 Å². The Labute approximate surface area is 182 Å². The molecular weight excluding hydrogens is 416 g/mol. The van der Waals surface area contributed by atoms with Crippen molar-refractivity contribution in [2.24, 2.45) is 4.99 Å². The molecule has 0 atom stereocenters. The minimum Gasteiger partial charge on any atom is -0.354 e. The molecule has 160 valence electrons. The molecule has 0 fully saturated rings. The van der Waals surface area contributed by atoms with Crippen molar-refractivity contribution in [3.8, 4) is 0 Å². The van der Waals surface area contributed by atoms with Gasteiger partial charge in [0.2, 0.25) is 4.74 Å². The van der Waals surface area contributed by atoms with Gasteiger partial charge in [-0.05, 0) is 37.1 Å². The molecular formula is C22H22N4O4S. The van der Waals surface area contributed by atoms with Crippen molar-refractivity contribution in [2.75, 3.05) is 18.0 Å². The molecule has 0 N–H and O–H groups in total. The lowest BCUT2D eigenvalue weighted by molar-refractivity contribution is -0.384. The van der Waals surface area contributed by atoms with Crippen molar-refractivity contribution in [3.63, 3.8) is 0 Å². The Kier molecular flexibility index (Phi) is 7.19. The molecule has 9 heteroatoms. The Morgan fingerprint density at radius 1 is 1.00 bits per heavy atom. The lowest BCUT2D eigenvalue weighted by atomic mass is 10.2. The second-order valence-corrected chi connectivity index (χ2v) is 7.81. The van der Waals surface area contributed by atoms with Crippen LogP contribution in [-0.2, 0) is 0 Å². The fourth-order valence-corrected chi connectivity index (χ4v) is 4.03. The van der Waals surface area contributed by atoms with E-state index in [1.165, 1.54) is 24.3 Å². The molecule has 0 bridgehead atoms. The van der Waals surface area contributed by atoms with Gasteiger partial charge in [-0.3, -0.25) is 19.7 Å². The first-order valence-electron chi connectivity index (χ1n) is 9.97. The lowest BCUT2D eigenvalue weighted by Crippen LogP contribution is -2.32. The average molecular weight is 439 g/mol. The van der Waals surface area contributed by atoms with Gasteiger partial charge in [-0.25, -0.2) is 4.99 Å². The third-order valence-electron chi connectivity index (χ3n) is 4.54. The van der Waals surface area contributed by atoms with Gasteiger partial charge in [0.15, 0.2) is 10.5 Å². The van der Waals surface area contributed by atoms with E-state index in [0.717, 1.165) is 24.2 Å². The summed E-state index contributed by atoms with van der Waals surface area (Å²) in [6, 6.07) is 12.3. The molecule has 0 aliphatic carbocycles. The van der Waals surface area contributed by atoms with Crippen LogP contribution < -0.4 is 19.9 Å². The van der Waals surface area contributed by atoms with Crippen LogP contribution in [0, 0.1) is 10.1 Å². The summed E-state index contributed by atoms with van der Waals surface area (Å²) in [5.41, 5.74) is -0.113. The molecule has 2 aromatic carbocycles. The van der Waals surface area contributed by atoms with E-state index < -0.39 is 10.5 Å². The van der Waals surface area contributed by atoms with E-state index >= 15 is 0 Å². The Balaban J connectivity index is 2.38. The fourth-order valence-electron chi connectivity index (χ4n) is 3.15. The van der Waals surface area contributed by atoms with E-state index in [1.54, 1.807) is 24.3 Å². The highest BCUT2D eigenvalue weighted by atomic mass is 32.1. The third kappa shape index (κ3) is 5.18. The summed E-state index contributed by atoms with van der Waals surface area (Å²) in [7, 11) is 0. The molecule has 0 amide bonds. The van der Waals surface area contributed by atoms with Gasteiger partial charge in [0.05, 0.1) is 16.0 Å². The quantitative estimate of drug-likeness (QED) is 0.410. The van der Waals surface area contributed by atoms with E-state index in [-0.39, 0.29) is 21.2 Å². The van der Waals surface area contributed by atoms with Crippen molar-refractivity contribution < 1.29 is 4.92 Å². The van der Waals surface area contributed by atoms with E-state index in [0.29, 0.717) is 29.3 Å². The zero-order valence-electron chi connectivity index (χ0n) is 17.3. The van der Waals surface area contributed by atoms with Crippen molar-refractivity contribution >= 4 is 39.3 Å². The molecule has 3 rings (SSSR count). The number of nitro benzene ring substituents is 1. The highest BCUT2D eigenvalue weighted by Crippen LogP contribution is 2.18. The van der Waals surface area contributed by atoms with Gasteiger partial charge < -0.3 is 4.90 Å². The first-order chi connectivity index (χ1) is 14.9. The summed E-state index contributed by atoms with van der Waals surface area (Å²) in [4.78, 5) is 47.2. The van der Waals surface area contributed by atoms with Gasteiger partial charge in [0, 0.05) is 30.6 Å². The van der Waals surface area contributed by atoms with Crippen LogP contribution >= 0.6 is 11.3 Å². The zero-order chi connectivity index (χ0) is 22.4. The Hall–Kier alpha value is -3.46. The number of anilines is 1. The van der Waals surface area contributed by atoms with Crippen LogP contribution in [0.1, 0.15) is 26.7 Å². The van der Waals surface area contributed by atoms with Gasteiger partial charge in [0.25, 0.3) is 11.2 Å². The van der Waals surface area contributed by atoms with E-state index in [9.17, 15) is 19.7 Å². The third-order valence-corrected chi connectivity index (χ3v) is 5.42. The molecule has 3 aromatic rings. The van der Waals surface area contributed by atoms with Gasteiger partial charge in [-0.1, -0.05) is 37.3 Å². The highest BCUT2D eigenvalue weighted by molar-refractivity contribution is 7.07. The second kappa shape index (κ2) is 10.0. The van der Waals surface area contributed by atoms with Crippen LogP contribution in [0.3, 0.4) is 0 Å². The molecule has 0 saturated heterocycles. The monoisotopic (exact) mass is 438 g/mol. The van der Waals surface area contributed by atoms with Gasteiger partial charge in [0.1, 0.15) is 0 Å². The highest BCUT2D eigenvalue weighted by Gasteiger charge is 2.12. The molecule has 31 heavy (non-hydrogen) atoms. The average Bonchev–Trinajstić information content (AvgIpc) is 2.76. The normalized spacial score (nSPS) is 11.5. The topological polar surface area (TPSA) is 106 Å². The zero-order valence-corrected chi connectivity index (χ0v) is 18.1. The summed E-state index contributed by atoms with van der Waals surface area (Å²) >= 11 is 0.911. The van der Waals surface area contributed by atoms with E-state index in [2.05, 4.69) is 9.98 Å². The van der Waals surface area contributed by atoms with Crippen LogP contribution in [0.15, 0.2) is 63.1 Å². The summed E-state index contributed by atoms with van der Waals surface area (Å²) in [6.45, 7) is 5.34.